The molecule has 0 aliphatic carbocycles. The van der Waals surface area contributed by atoms with Crippen LogP contribution in [0.3, 0.4) is 0 Å². The van der Waals surface area contributed by atoms with Crippen LogP contribution in [-0.4, -0.2) is 62.1 Å². The molecular formula is C33H34ClFN8O2Si. The van der Waals surface area contributed by atoms with E-state index in [-0.39, 0.29) is 11.9 Å². The van der Waals surface area contributed by atoms with E-state index in [1.165, 1.54) is 12.3 Å². The number of imidazole rings is 1. The summed E-state index contributed by atoms with van der Waals surface area (Å²) < 4.78 is 29.9. The van der Waals surface area contributed by atoms with E-state index in [2.05, 4.69) is 44.2 Å². The largest absolute Gasteiger partial charge is 0.456 e. The Morgan fingerprint density at radius 3 is 2.63 bits per heavy atom. The first-order chi connectivity index (χ1) is 22.1. The Morgan fingerprint density at radius 2 is 1.83 bits per heavy atom. The third-order valence-electron chi connectivity index (χ3n) is 8.16. The van der Waals surface area contributed by atoms with Gasteiger partial charge in [-0.2, -0.15) is 5.10 Å². The summed E-state index contributed by atoms with van der Waals surface area (Å²) in [7, 11) is -1.17. The second-order valence-corrected chi connectivity index (χ2v) is 18.8. The molecule has 4 aromatic heterocycles. The van der Waals surface area contributed by atoms with Crippen LogP contribution < -0.4 is 9.64 Å². The Labute approximate surface area is 271 Å². The van der Waals surface area contributed by atoms with E-state index in [1.54, 1.807) is 24.7 Å². The molecule has 0 spiro atoms. The van der Waals surface area contributed by atoms with Crippen LogP contribution in [-0.2, 0) is 11.5 Å². The van der Waals surface area contributed by atoms with E-state index >= 15 is 0 Å². The number of aryl methyl sites for hydroxylation is 1. The number of aromatic nitrogens is 7. The highest BCUT2D eigenvalue weighted by Crippen LogP contribution is 2.36. The van der Waals surface area contributed by atoms with Crippen molar-refractivity contribution in [2.24, 2.45) is 0 Å². The quantitative estimate of drug-likeness (QED) is 0.110. The maximum atomic E-state index is 13.6. The average Bonchev–Trinajstić information content (AvgIpc) is 3.60. The van der Waals surface area contributed by atoms with Crippen LogP contribution in [0.2, 0.25) is 30.7 Å². The Morgan fingerprint density at radius 1 is 1.00 bits per heavy atom. The van der Waals surface area contributed by atoms with Crippen LogP contribution in [0.15, 0.2) is 67.4 Å². The number of pyridine rings is 1. The highest BCUT2D eigenvalue weighted by atomic mass is 35.5. The summed E-state index contributed by atoms with van der Waals surface area (Å²) in [4.78, 5) is 20.2. The fourth-order valence-electron chi connectivity index (χ4n) is 5.43. The van der Waals surface area contributed by atoms with Crippen LogP contribution in [0.1, 0.15) is 11.9 Å². The smallest absolute Gasteiger partial charge is 0.148 e. The minimum absolute atomic E-state index is 0.156. The van der Waals surface area contributed by atoms with Crippen molar-refractivity contribution in [3.05, 3.63) is 84.0 Å². The van der Waals surface area contributed by atoms with E-state index in [9.17, 15) is 4.39 Å². The van der Waals surface area contributed by atoms with Gasteiger partial charge < -0.3 is 18.9 Å². The van der Waals surface area contributed by atoms with Crippen molar-refractivity contribution >= 4 is 47.4 Å². The number of ether oxygens (including phenoxy) is 2. The molecule has 0 bridgehead atoms. The normalized spacial score (nSPS) is 13.9. The van der Waals surface area contributed by atoms with Crippen molar-refractivity contribution in [2.45, 2.75) is 45.4 Å². The number of hydrogen-bond donors (Lipinski definition) is 0. The lowest BCUT2D eigenvalue weighted by Crippen LogP contribution is -2.48. The van der Waals surface area contributed by atoms with Gasteiger partial charge in [0.15, 0.2) is 0 Å². The predicted molar refractivity (Wildman–Crippen MR) is 180 cm³/mol. The summed E-state index contributed by atoms with van der Waals surface area (Å²) in [5.41, 5.74) is 5.24. The standard InChI is InChI=1S/C33H34ClFN8O2Si/c1-21-39-27-6-5-26(12-30(27)42(21)20-44-9-10-46(2,3)4)45-31-8-7-28-33(32(31)34)40-29(16-37-28)22-13-38-43(17-22)25-18-41(19-25)24-11-23(35)14-36-15-24/h5-8,11-17,25H,9-10,18-20H2,1-4H3. The third-order valence-corrected chi connectivity index (χ3v) is 10.2. The van der Waals surface area contributed by atoms with E-state index in [1.807, 2.05) is 42.1 Å². The third kappa shape index (κ3) is 6.20. The van der Waals surface area contributed by atoms with Crippen LogP contribution >= 0.6 is 11.6 Å². The first-order valence-corrected chi connectivity index (χ1v) is 19.3. The number of fused-ring (bicyclic) bond motifs is 2. The van der Waals surface area contributed by atoms with Gasteiger partial charge in [0.05, 0.1) is 58.8 Å². The molecule has 0 N–H and O–H groups in total. The van der Waals surface area contributed by atoms with Gasteiger partial charge in [0.2, 0.25) is 0 Å². The molecule has 0 unspecified atom stereocenters. The molecule has 10 nitrogen and oxygen atoms in total. The molecule has 236 valence electrons. The van der Waals surface area contributed by atoms with Gasteiger partial charge in [-0.1, -0.05) is 31.2 Å². The second-order valence-electron chi connectivity index (χ2n) is 12.8. The summed E-state index contributed by atoms with van der Waals surface area (Å²) in [6, 6.07) is 12.2. The van der Waals surface area contributed by atoms with Crippen molar-refractivity contribution in [3.63, 3.8) is 0 Å². The molecule has 0 amide bonds. The van der Waals surface area contributed by atoms with Crippen LogP contribution in [0.4, 0.5) is 10.1 Å². The maximum Gasteiger partial charge on any atom is 0.148 e. The maximum absolute atomic E-state index is 13.6. The highest BCUT2D eigenvalue weighted by molar-refractivity contribution is 6.76. The molecule has 0 radical (unpaired) electrons. The molecule has 2 aromatic carbocycles. The Balaban J connectivity index is 1.08. The molecule has 1 aliphatic rings. The van der Waals surface area contributed by atoms with Gasteiger partial charge in [0, 0.05) is 51.7 Å². The molecule has 1 aliphatic heterocycles. The Hall–Kier alpha value is -4.39. The molecule has 0 saturated carbocycles. The van der Waals surface area contributed by atoms with Crippen molar-refractivity contribution in [3.8, 4) is 22.8 Å². The monoisotopic (exact) mass is 656 g/mol. The lowest BCUT2D eigenvalue weighted by molar-refractivity contribution is 0.0885. The zero-order valence-corrected chi connectivity index (χ0v) is 27.9. The van der Waals surface area contributed by atoms with E-state index in [4.69, 9.17) is 31.0 Å². The van der Waals surface area contributed by atoms with Crippen molar-refractivity contribution in [1.29, 1.82) is 0 Å². The Bertz CT molecular complexity index is 2050. The molecule has 13 heteroatoms. The number of anilines is 1. The number of nitrogens with zero attached hydrogens (tertiary/aromatic N) is 8. The molecule has 7 rings (SSSR count). The average molecular weight is 657 g/mol. The van der Waals surface area contributed by atoms with E-state index in [0.29, 0.717) is 53.1 Å². The molecule has 5 heterocycles. The number of hydrogen-bond acceptors (Lipinski definition) is 8. The van der Waals surface area contributed by atoms with Crippen molar-refractivity contribution in [2.75, 3.05) is 24.6 Å². The summed E-state index contributed by atoms with van der Waals surface area (Å²) in [5.74, 6) is 1.65. The lowest BCUT2D eigenvalue weighted by atomic mass is 10.1. The minimum atomic E-state index is -1.17. The van der Waals surface area contributed by atoms with Gasteiger partial charge in [-0.25, -0.2) is 14.4 Å². The van der Waals surface area contributed by atoms with E-state index < -0.39 is 8.07 Å². The minimum Gasteiger partial charge on any atom is -0.456 e. The molecule has 46 heavy (non-hydrogen) atoms. The van der Waals surface area contributed by atoms with Crippen molar-refractivity contribution < 1.29 is 13.9 Å². The van der Waals surface area contributed by atoms with Gasteiger partial charge in [-0.15, -0.1) is 0 Å². The highest BCUT2D eigenvalue weighted by Gasteiger charge is 2.29. The summed E-state index contributed by atoms with van der Waals surface area (Å²) in [6.07, 6.45) is 8.31. The van der Waals surface area contributed by atoms with Crippen LogP contribution in [0, 0.1) is 12.7 Å². The molecule has 1 saturated heterocycles. The fraction of sp³-hybridized carbons (Fsp3) is 0.303. The SMILES string of the molecule is Cc1nc2ccc(Oc3ccc4ncc(-c5cnn(C6CN(c7cncc(F)c7)C6)c5)nc4c3Cl)cc2n1COCC[Si](C)(C)C. The first-order valence-electron chi connectivity index (χ1n) is 15.2. The summed E-state index contributed by atoms with van der Waals surface area (Å²) in [6.45, 7) is 11.6. The molecule has 6 aromatic rings. The molecule has 1 fully saturated rings. The number of benzene rings is 2. The molecular weight excluding hydrogens is 623 g/mol. The second kappa shape index (κ2) is 12.1. The van der Waals surface area contributed by atoms with Gasteiger partial charge in [0.1, 0.15) is 40.4 Å². The topological polar surface area (TPSA) is 96.0 Å². The van der Waals surface area contributed by atoms with Gasteiger partial charge in [-0.05, 0) is 37.2 Å². The van der Waals surface area contributed by atoms with Crippen LogP contribution in [0.25, 0.3) is 33.3 Å². The molecule has 0 atom stereocenters. The fourth-order valence-corrected chi connectivity index (χ4v) is 6.43. The zero-order valence-electron chi connectivity index (χ0n) is 26.1. The number of halogens is 2. The Kier molecular flexibility index (Phi) is 7.95. The predicted octanol–water partition coefficient (Wildman–Crippen LogP) is 7.50. The number of rotatable bonds is 10. The van der Waals surface area contributed by atoms with Gasteiger partial charge in [0.25, 0.3) is 0 Å². The van der Waals surface area contributed by atoms with E-state index in [0.717, 1.165) is 40.8 Å². The van der Waals surface area contributed by atoms with Crippen molar-refractivity contribution in [1.82, 2.24) is 34.3 Å². The van der Waals surface area contributed by atoms with Crippen LogP contribution in [0.5, 0.6) is 11.5 Å². The summed E-state index contributed by atoms with van der Waals surface area (Å²) in [5, 5.41) is 4.94. The zero-order chi connectivity index (χ0) is 32.0. The van der Waals surface area contributed by atoms with Gasteiger partial charge >= 0.3 is 0 Å². The lowest BCUT2D eigenvalue weighted by Gasteiger charge is -2.40. The first kappa shape index (κ1) is 30.3. The van der Waals surface area contributed by atoms with Gasteiger partial charge in [-0.3, -0.25) is 14.6 Å². The summed E-state index contributed by atoms with van der Waals surface area (Å²) >= 11 is 6.88.